The second-order valence-electron chi connectivity index (χ2n) is 5.51. The van der Waals surface area contributed by atoms with E-state index < -0.39 is 0 Å². The van der Waals surface area contributed by atoms with Gasteiger partial charge < -0.3 is 10.6 Å². The molecule has 1 aliphatic rings. The molecule has 1 heterocycles. The normalized spacial score (nSPS) is 17.8. The van der Waals surface area contributed by atoms with E-state index in [-0.39, 0.29) is 0 Å². The van der Waals surface area contributed by atoms with E-state index in [4.69, 9.17) is 18.0 Å². The van der Waals surface area contributed by atoms with Crippen molar-refractivity contribution < 1.29 is 0 Å². The monoisotopic (exact) mass is 277 g/mol. The Balaban J connectivity index is 1.91. The van der Waals surface area contributed by atoms with Crippen molar-refractivity contribution in [2.24, 2.45) is 5.73 Å². The van der Waals surface area contributed by atoms with Gasteiger partial charge in [-0.3, -0.25) is 4.90 Å². The van der Waals surface area contributed by atoms with Crippen molar-refractivity contribution in [2.45, 2.75) is 25.4 Å². The van der Waals surface area contributed by atoms with Crippen molar-refractivity contribution >= 4 is 17.2 Å². The van der Waals surface area contributed by atoms with Crippen LogP contribution in [0.3, 0.4) is 0 Å². The molecule has 3 nitrogen and oxygen atoms in total. The summed E-state index contributed by atoms with van der Waals surface area (Å²) in [6.07, 6.45) is 2.52. The number of benzene rings is 1. The van der Waals surface area contributed by atoms with Gasteiger partial charge in [0, 0.05) is 18.2 Å². The van der Waals surface area contributed by atoms with Gasteiger partial charge in [-0.15, -0.1) is 0 Å². The van der Waals surface area contributed by atoms with Gasteiger partial charge in [-0.05, 0) is 45.6 Å². The first-order valence-corrected chi connectivity index (χ1v) is 7.24. The van der Waals surface area contributed by atoms with Gasteiger partial charge >= 0.3 is 0 Å². The van der Waals surface area contributed by atoms with E-state index in [0.717, 1.165) is 12.1 Å². The summed E-state index contributed by atoms with van der Waals surface area (Å²) >= 11 is 4.97. The first-order valence-electron chi connectivity index (χ1n) is 6.84. The van der Waals surface area contributed by atoms with Crippen LogP contribution in [-0.2, 0) is 6.54 Å². The number of nitrogens with two attached hydrogens (primary N) is 1. The smallest absolute Gasteiger partial charge is 0.103 e. The molecule has 2 rings (SSSR count). The first-order chi connectivity index (χ1) is 9.06. The summed E-state index contributed by atoms with van der Waals surface area (Å²) in [5.74, 6) is 0. The maximum atomic E-state index is 5.61. The van der Waals surface area contributed by atoms with Crippen LogP contribution in [0.25, 0.3) is 0 Å². The van der Waals surface area contributed by atoms with Crippen molar-refractivity contribution in [3.63, 3.8) is 0 Å². The highest BCUT2D eigenvalue weighted by molar-refractivity contribution is 7.80. The molecule has 0 spiro atoms. The number of nitrogens with zero attached hydrogens (tertiary/aromatic N) is 2. The summed E-state index contributed by atoms with van der Waals surface area (Å²) in [6.45, 7) is 3.40. The van der Waals surface area contributed by atoms with Crippen LogP contribution in [0, 0.1) is 0 Å². The zero-order valence-corrected chi connectivity index (χ0v) is 12.6. The lowest BCUT2D eigenvalue weighted by Crippen LogP contribution is -2.41. The molecule has 4 heteroatoms. The van der Waals surface area contributed by atoms with Crippen LogP contribution in [-0.4, -0.2) is 48.0 Å². The number of likely N-dealkylation sites (tertiary alicyclic amines) is 1. The van der Waals surface area contributed by atoms with E-state index in [1.165, 1.54) is 31.5 Å². The second-order valence-corrected chi connectivity index (χ2v) is 5.95. The van der Waals surface area contributed by atoms with Gasteiger partial charge in [0.15, 0.2) is 0 Å². The van der Waals surface area contributed by atoms with Crippen LogP contribution in [0.4, 0.5) is 0 Å². The lowest BCUT2D eigenvalue weighted by Gasteiger charge is -2.35. The van der Waals surface area contributed by atoms with E-state index in [1.54, 1.807) is 0 Å². The van der Waals surface area contributed by atoms with Crippen LogP contribution < -0.4 is 5.73 Å². The summed E-state index contributed by atoms with van der Waals surface area (Å²) in [5.41, 5.74) is 7.88. The van der Waals surface area contributed by atoms with Crippen molar-refractivity contribution in [2.75, 3.05) is 27.2 Å². The third-order valence-corrected chi connectivity index (χ3v) is 4.22. The highest BCUT2D eigenvalue weighted by Crippen LogP contribution is 2.16. The molecule has 1 saturated heterocycles. The lowest BCUT2D eigenvalue weighted by atomic mass is 10.0. The van der Waals surface area contributed by atoms with Crippen LogP contribution in [0.5, 0.6) is 0 Å². The molecule has 0 amide bonds. The molecule has 0 unspecified atom stereocenters. The predicted octanol–water partition coefficient (Wildman–Crippen LogP) is 1.85. The molecule has 2 N–H and O–H groups in total. The highest BCUT2D eigenvalue weighted by atomic mass is 32.1. The zero-order valence-electron chi connectivity index (χ0n) is 11.8. The van der Waals surface area contributed by atoms with Crippen molar-refractivity contribution in [1.29, 1.82) is 0 Å². The Labute approximate surface area is 121 Å². The number of rotatable bonds is 4. The summed E-state index contributed by atoms with van der Waals surface area (Å²) in [4.78, 5) is 5.33. The van der Waals surface area contributed by atoms with Gasteiger partial charge in [0.2, 0.25) is 0 Å². The van der Waals surface area contributed by atoms with Gasteiger partial charge in [-0.1, -0.05) is 36.5 Å². The van der Waals surface area contributed by atoms with Crippen molar-refractivity contribution in [1.82, 2.24) is 9.80 Å². The first kappa shape index (κ1) is 14.4. The fourth-order valence-electron chi connectivity index (χ4n) is 2.63. The Kier molecular flexibility index (Phi) is 4.91. The van der Waals surface area contributed by atoms with Gasteiger partial charge in [0.1, 0.15) is 4.99 Å². The molecule has 1 fully saturated rings. The summed E-state index contributed by atoms with van der Waals surface area (Å²) < 4.78 is 0. The summed E-state index contributed by atoms with van der Waals surface area (Å²) in [7, 11) is 4.42. The predicted molar refractivity (Wildman–Crippen MR) is 84.3 cm³/mol. The van der Waals surface area contributed by atoms with E-state index in [0.29, 0.717) is 11.0 Å². The average Bonchev–Trinajstić information content (AvgIpc) is 2.40. The largest absolute Gasteiger partial charge is 0.389 e. The average molecular weight is 277 g/mol. The topological polar surface area (TPSA) is 32.5 Å². The molecule has 19 heavy (non-hydrogen) atoms. The lowest BCUT2D eigenvalue weighted by molar-refractivity contribution is 0.139. The molecular weight excluding hydrogens is 254 g/mol. The third kappa shape index (κ3) is 4.00. The van der Waals surface area contributed by atoms with Crippen molar-refractivity contribution in [3.05, 3.63) is 35.4 Å². The molecular formula is C15H23N3S. The highest BCUT2D eigenvalue weighted by Gasteiger charge is 2.20. The Hall–Kier alpha value is -0.970. The van der Waals surface area contributed by atoms with E-state index in [9.17, 15) is 0 Å². The fourth-order valence-corrected chi connectivity index (χ4v) is 2.76. The SMILES string of the molecule is CN1CCC(N(C)Cc2ccc(C(N)=S)cc2)CC1. The number of hydrogen-bond donors (Lipinski definition) is 1. The van der Waals surface area contributed by atoms with Gasteiger partial charge in [-0.2, -0.15) is 0 Å². The van der Waals surface area contributed by atoms with Crippen LogP contribution in [0.1, 0.15) is 24.0 Å². The molecule has 1 aromatic rings. The molecule has 0 atom stereocenters. The minimum atomic E-state index is 0.468. The standard InChI is InChI=1S/C15H23N3S/c1-17-9-7-14(8-10-17)18(2)11-12-3-5-13(6-4-12)15(16)19/h3-6,14H,7-11H2,1-2H3,(H2,16,19). The number of hydrogen-bond acceptors (Lipinski definition) is 3. The third-order valence-electron chi connectivity index (χ3n) is 3.98. The Morgan fingerprint density at radius 2 is 1.89 bits per heavy atom. The zero-order chi connectivity index (χ0) is 13.8. The molecule has 1 aromatic carbocycles. The van der Waals surface area contributed by atoms with Gasteiger partial charge in [0.25, 0.3) is 0 Å². The maximum Gasteiger partial charge on any atom is 0.103 e. The molecule has 0 saturated carbocycles. The quantitative estimate of drug-likeness (QED) is 0.851. The van der Waals surface area contributed by atoms with Crippen LogP contribution in [0.15, 0.2) is 24.3 Å². The summed E-state index contributed by atoms with van der Waals surface area (Å²) in [5, 5.41) is 0. The van der Waals surface area contributed by atoms with Crippen molar-refractivity contribution in [3.8, 4) is 0 Å². The van der Waals surface area contributed by atoms with Gasteiger partial charge in [0.05, 0.1) is 0 Å². The van der Waals surface area contributed by atoms with Gasteiger partial charge in [-0.25, -0.2) is 0 Å². The Bertz CT molecular complexity index is 422. The fraction of sp³-hybridized carbons (Fsp3) is 0.533. The molecule has 0 aliphatic carbocycles. The Morgan fingerprint density at radius 3 is 2.42 bits per heavy atom. The molecule has 1 aliphatic heterocycles. The summed E-state index contributed by atoms with van der Waals surface area (Å²) in [6, 6.07) is 8.98. The second kappa shape index (κ2) is 6.46. The van der Waals surface area contributed by atoms with Crippen LogP contribution >= 0.6 is 12.2 Å². The van der Waals surface area contributed by atoms with E-state index in [1.807, 2.05) is 12.1 Å². The van der Waals surface area contributed by atoms with E-state index >= 15 is 0 Å². The minimum Gasteiger partial charge on any atom is -0.389 e. The maximum absolute atomic E-state index is 5.61. The Morgan fingerprint density at radius 1 is 1.32 bits per heavy atom. The molecule has 0 radical (unpaired) electrons. The number of piperidine rings is 1. The molecule has 0 aromatic heterocycles. The molecule has 0 bridgehead atoms. The number of thiocarbonyl (C=S) groups is 1. The minimum absolute atomic E-state index is 0.468. The molecule has 104 valence electrons. The van der Waals surface area contributed by atoms with Crippen LogP contribution in [0.2, 0.25) is 0 Å². The van der Waals surface area contributed by atoms with E-state index in [2.05, 4.69) is 36.0 Å².